The second-order valence-corrected chi connectivity index (χ2v) is 5.43. The van der Waals surface area contributed by atoms with E-state index >= 15 is 0 Å². The highest BCUT2D eigenvalue weighted by molar-refractivity contribution is 5.42. The number of hydrogen-bond acceptors (Lipinski definition) is 5. The van der Waals surface area contributed by atoms with Crippen LogP contribution in [0.3, 0.4) is 0 Å². The summed E-state index contributed by atoms with van der Waals surface area (Å²) in [7, 11) is 3.31. The molecule has 1 fully saturated rings. The molecule has 5 heteroatoms. The quantitative estimate of drug-likeness (QED) is 0.799. The number of nitrogens with one attached hydrogen (secondary N) is 2. The van der Waals surface area contributed by atoms with Crippen molar-refractivity contribution in [3.8, 4) is 11.5 Å². The van der Waals surface area contributed by atoms with Gasteiger partial charge in [0.1, 0.15) is 0 Å². The Labute approximate surface area is 127 Å². The molecule has 0 saturated carbocycles. The van der Waals surface area contributed by atoms with Gasteiger partial charge in [-0.1, -0.05) is 6.07 Å². The molecule has 118 valence electrons. The molecular weight excluding hydrogens is 268 g/mol. The van der Waals surface area contributed by atoms with Crippen molar-refractivity contribution in [1.29, 1.82) is 0 Å². The van der Waals surface area contributed by atoms with Crippen LogP contribution in [0.1, 0.15) is 18.9 Å². The minimum Gasteiger partial charge on any atom is -0.493 e. The first-order valence-electron chi connectivity index (χ1n) is 7.48. The van der Waals surface area contributed by atoms with Crippen LogP contribution in [0.2, 0.25) is 0 Å². The van der Waals surface area contributed by atoms with E-state index < -0.39 is 0 Å². The lowest BCUT2D eigenvalue weighted by atomic mass is 10.1. The van der Waals surface area contributed by atoms with E-state index in [0.717, 1.165) is 44.2 Å². The van der Waals surface area contributed by atoms with Gasteiger partial charge in [-0.05, 0) is 31.0 Å². The van der Waals surface area contributed by atoms with Crippen molar-refractivity contribution in [2.45, 2.75) is 32.0 Å². The minimum absolute atomic E-state index is 0.428. The Kier molecular flexibility index (Phi) is 6.29. The highest BCUT2D eigenvalue weighted by atomic mass is 16.5. The number of hydrogen-bond donors (Lipinski definition) is 2. The van der Waals surface area contributed by atoms with Crippen molar-refractivity contribution in [3.63, 3.8) is 0 Å². The summed E-state index contributed by atoms with van der Waals surface area (Å²) in [6.07, 6.45) is 1.06. The van der Waals surface area contributed by atoms with Crippen molar-refractivity contribution in [3.05, 3.63) is 23.8 Å². The Morgan fingerprint density at radius 2 is 2.14 bits per heavy atom. The van der Waals surface area contributed by atoms with Crippen LogP contribution >= 0.6 is 0 Å². The molecule has 0 aromatic heterocycles. The van der Waals surface area contributed by atoms with E-state index in [-0.39, 0.29) is 0 Å². The summed E-state index contributed by atoms with van der Waals surface area (Å²) in [4.78, 5) is 0. The molecule has 0 bridgehead atoms. The second-order valence-electron chi connectivity index (χ2n) is 5.43. The smallest absolute Gasteiger partial charge is 0.161 e. The molecule has 1 saturated heterocycles. The van der Waals surface area contributed by atoms with Gasteiger partial charge in [-0.15, -0.1) is 0 Å². The van der Waals surface area contributed by atoms with E-state index in [2.05, 4.69) is 23.6 Å². The molecule has 2 rings (SSSR count). The van der Waals surface area contributed by atoms with E-state index in [1.807, 2.05) is 12.1 Å². The SMILES string of the molecule is COc1ccc(CNC(C)CC2COCCN2)cc1OC. The van der Waals surface area contributed by atoms with E-state index in [4.69, 9.17) is 14.2 Å². The van der Waals surface area contributed by atoms with Crippen LogP contribution in [0.4, 0.5) is 0 Å². The maximum absolute atomic E-state index is 5.48. The van der Waals surface area contributed by atoms with Gasteiger partial charge in [0.15, 0.2) is 11.5 Å². The summed E-state index contributed by atoms with van der Waals surface area (Å²) in [5.74, 6) is 1.53. The molecule has 2 N–H and O–H groups in total. The Morgan fingerprint density at radius 1 is 1.33 bits per heavy atom. The number of ether oxygens (including phenoxy) is 3. The van der Waals surface area contributed by atoms with Gasteiger partial charge < -0.3 is 24.8 Å². The number of methoxy groups -OCH3 is 2. The topological polar surface area (TPSA) is 51.8 Å². The third kappa shape index (κ3) is 4.88. The average Bonchev–Trinajstić information content (AvgIpc) is 2.53. The monoisotopic (exact) mass is 294 g/mol. The van der Waals surface area contributed by atoms with Crippen LogP contribution in [-0.4, -0.2) is 46.1 Å². The molecule has 1 aromatic carbocycles. The number of morpholine rings is 1. The molecule has 2 unspecified atom stereocenters. The van der Waals surface area contributed by atoms with Crippen molar-refractivity contribution in [2.75, 3.05) is 34.0 Å². The van der Waals surface area contributed by atoms with E-state index in [1.165, 1.54) is 5.56 Å². The lowest BCUT2D eigenvalue weighted by Crippen LogP contribution is -2.44. The van der Waals surface area contributed by atoms with Crippen LogP contribution in [0.5, 0.6) is 11.5 Å². The second kappa shape index (κ2) is 8.22. The Morgan fingerprint density at radius 3 is 2.81 bits per heavy atom. The first-order valence-corrected chi connectivity index (χ1v) is 7.48. The zero-order valence-corrected chi connectivity index (χ0v) is 13.1. The fourth-order valence-corrected chi connectivity index (χ4v) is 2.56. The molecule has 5 nitrogen and oxygen atoms in total. The third-order valence-electron chi connectivity index (χ3n) is 3.74. The summed E-state index contributed by atoms with van der Waals surface area (Å²) in [6.45, 7) is 5.60. The predicted octanol–water partition coefficient (Wildman–Crippen LogP) is 1.56. The van der Waals surface area contributed by atoms with Gasteiger partial charge in [0, 0.05) is 25.2 Å². The molecule has 1 heterocycles. The van der Waals surface area contributed by atoms with Gasteiger partial charge in [-0.25, -0.2) is 0 Å². The Bertz CT molecular complexity index is 434. The van der Waals surface area contributed by atoms with Gasteiger partial charge in [0.2, 0.25) is 0 Å². The molecule has 21 heavy (non-hydrogen) atoms. The Hall–Kier alpha value is -1.30. The molecule has 1 aromatic rings. The lowest BCUT2D eigenvalue weighted by molar-refractivity contribution is 0.0712. The zero-order valence-electron chi connectivity index (χ0n) is 13.1. The molecule has 2 atom stereocenters. The van der Waals surface area contributed by atoms with Gasteiger partial charge in [-0.2, -0.15) is 0 Å². The summed E-state index contributed by atoms with van der Waals surface area (Å²) in [5, 5.41) is 7.02. The maximum Gasteiger partial charge on any atom is 0.161 e. The highest BCUT2D eigenvalue weighted by Gasteiger charge is 2.16. The van der Waals surface area contributed by atoms with Crippen LogP contribution in [0.25, 0.3) is 0 Å². The van der Waals surface area contributed by atoms with Gasteiger partial charge >= 0.3 is 0 Å². The van der Waals surface area contributed by atoms with Crippen LogP contribution < -0.4 is 20.1 Å². The van der Waals surface area contributed by atoms with Gasteiger partial charge in [-0.3, -0.25) is 0 Å². The Balaban J connectivity index is 1.81. The maximum atomic E-state index is 5.48. The largest absolute Gasteiger partial charge is 0.493 e. The molecule has 0 amide bonds. The minimum atomic E-state index is 0.428. The zero-order chi connectivity index (χ0) is 15.1. The molecule has 1 aliphatic heterocycles. The first-order chi connectivity index (χ1) is 10.2. The average molecular weight is 294 g/mol. The van der Waals surface area contributed by atoms with Crippen molar-refractivity contribution in [1.82, 2.24) is 10.6 Å². The first kappa shape index (κ1) is 16.1. The highest BCUT2D eigenvalue weighted by Crippen LogP contribution is 2.27. The standard InChI is InChI=1S/C16H26N2O3/c1-12(8-14-11-21-7-6-17-14)18-10-13-4-5-15(19-2)16(9-13)20-3/h4-5,9,12,14,17-18H,6-8,10-11H2,1-3H3. The van der Waals surface area contributed by atoms with Crippen LogP contribution in [-0.2, 0) is 11.3 Å². The van der Waals surface area contributed by atoms with Gasteiger partial charge in [0.05, 0.1) is 27.4 Å². The fraction of sp³-hybridized carbons (Fsp3) is 0.625. The summed E-state index contributed by atoms with van der Waals surface area (Å²) >= 11 is 0. The van der Waals surface area contributed by atoms with Crippen molar-refractivity contribution in [2.24, 2.45) is 0 Å². The number of rotatable bonds is 7. The summed E-state index contributed by atoms with van der Waals surface area (Å²) in [5.41, 5.74) is 1.19. The van der Waals surface area contributed by atoms with Crippen LogP contribution in [0, 0.1) is 0 Å². The summed E-state index contributed by atoms with van der Waals surface area (Å²) in [6, 6.07) is 6.89. The van der Waals surface area contributed by atoms with E-state index in [1.54, 1.807) is 14.2 Å². The van der Waals surface area contributed by atoms with Gasteiger partial charge in [0.25, 0.3) is 0 Å². The third-order valence-corrected chi connectivity index (χ3v) is 3.74. The molecule has 0 spiro atoms. The predicted molar refractivity (Wildman–Crippen MR) is 83.1 cm³/mol. The molecule has 1 aliphatic rings. The number of benzene rings is 1. The fourth-order valence-electron chi connectivity index (χ4n) is 2.56. The van der Waals surface area contributed by atoms with E-state index in [9.17, 15) is 0 Å². The van der Waals surface area contributed by atoms with Crippen molar-refractivity contribution >= 4 is 0 Å². The van der Waals surface area contributed by atoms with Crippen LogP contribution in [0.15, 0.2) is 18.2 Å². The normalized spacial score (nSPS) is 20.0. The molecular formula is C16H26N2O3. The summed E-state index contributed by atoms with van der Waals surface area (Å²) < 4.78 is 16.1. The van der Waals surface area contributed by atoms with E-state index in [0.29, 0.717) is 12.1 Å². The molecule has 0 aliphatic carbocycles. The van der Waals surface area contributed by atoms with Crippen molar-refractivity contribution < 1.29 is 14.2 Å². The molecule has 0 radical (unpaired) electrons. The lowest BCUT2D eigenvalue weighted by Gasteiger charge is -2.26.